The summed E-state index contributed by atoms with van der Waals surface area (Å²) in [6.07, 6.45) is 0.468. The van der Waals surface area contributed by atoms with E-state index in [1.807, 2.05) is 0 Å². The zero-order valence-corrected chi connectivity index (χ0v) is 14.9. The molecule has 0 aromatic heterocycles. The van der Waals surface area contributed by atoms with Gasteiger partial charge in [0.25, 0.3) is 5.91 Å². The van der Waals surface area contributed by atoms with Crippen LogP contribution >= 0.6 is 0 Å². The predicted molar refractivity (Wildman–Crippen MR) is 96.5 cm³/mol. The Bertz CT molecular complexity index is 890. The van der Waals surface area contributed by atoms with Crippen LogP contribution in [0.15, 0.2) is 53.4 Å². The lowest BCUT2D eigenvalue weighted by Gasteiger charge is -2.19. The molecule has 132 valence electrons. The highest BCUT2D eigenvalue weighted by atomic mass is 32.2. The number of hydrogen-bond donors (Lipinski definition) is 1. The van der Waals surface area contributed by atoms with Crippen LogP contribution < -0.4 is 10.6 Å². The van der Waals surface area contributed by atoms with Crippen molar-refractivity contribution in [3.05, 3.63) is 59.7 Å². The van der Waals surface area contributed by atoms with E-state index in [0.29, 0.717) is 17.7 Å². The summed E-state index contributed by atoms with van der Waals surface area (Å²) in [6, 6.07) is 12.4. The summed E-state index contributed by atoms with van der Waals surface area (Å²) in [4.78, 5) is 25.3. The number of anilines is 1. The van der Waals surface area contributed by atoms with Crippen molar-refractivity contribution in [3.63, 3.8) is 0 Å². The maximum absolute atomic E-state index is 12.8. The van der Waals surface area contributed by atoms with Crippen LogP contribution in [-0.4, -0.2) is 33.0 Å². The van der Waals surface area contributed by atoms with Crippen molar-refractivity contribution in [2.45, 2.75) is 18.2 Å². The molecule has 0 bridgehead atoms. The van der Waals surface area contributed by atoms with Gasteiger partial charge in [-0.2, -0.15) is 0 Å². The van der Waals surface area contributed by atoms with Crippen LogP contribution in [0.25, 0.3) is 0 Å². The topological polar surface area (TPSA) is 97.5 Å². The molecule has 25 heavy (non-hydrogen) atoms. The summed E-state index contributed by atoms with van der Waals surface area (Å²) in [5, 5.41) is 0. The van der Waals surface area contributed by atoms with Gasteiger partial charge in [-0.05, 0) is 42.8 Å². The first-order chi connectivity index (χ1) is 11.8. The predicted octanol–water partition coefficient (Wildman–Crippen LogP) is 2.25. The summed E-state index contributed by atoms with van der Waals surface area (Å²) in [5.41, 5.74) is 6.18. The van der Waals surface area contributed by atoms with Crippen molar-refractivity contribution < 1.29 is 18.0 Å². The number of sulfone groups is 1. The van der Waals surface area contributed by atoms with Gasteiger partial charge >= 0.3 is 0 Å². The first-order valence-corrected chi connectivity index (χ1v) is 9.43. The average Bonchev–Trinajstić information content (AvgIpc) is 2.60. The van der Waals surface area contributed by atoms with Gasteiger partial charge in [-0.25, -0.2) is 8.42 Å². The van der Waals surface area contributed by atoms with Crippen molar-refractivity contribution >= 4 is 27.3 Å². The van der Waals surface area contributed by atoms with Gasteiger partial charge in [-0.15, -0.1) is 0 Å². The van der Waals surface area contributed by atoms with Crippen molar-refractivity contribution in [2.24, 2.45) is 5.73 Å². The molecule has 6 nitrogen and oxygen atoms in total. The third-order valence-electron chi connectivity index (χ3n) is 3.77. The molecule has 0 unspecified atom stereocenters. The largest absolute Gasteiger partial charge is 0.366 e. The molecule has 2 amide bonds. The normalized spacial score (nSPS) is 11.1. The lowest BCUT2D eigenvalue weighted by molar-refractivity contribution is 0.0986. The number of rotatable bonds is 6. The van der Waals surface area contributed by atoms with Crippen LogP contribution in [0.3, 0.4) is 0 Å². The average molecular weight is 360 g/mol. The number of primary amides is 1. The highest BCUT2D eigenvalue weighted by Crippen LogP contribution is 2.22. The monoisotopic (exact) mass is 360 g/mol. The van der Waals surface area contributed by atoms with Crippen LogP contribution in [0.4, 0.5) is 5.69 Å². The fourth-order valence-corrected chi connectivity index (χ4v) is 3.97. The summed E-state index contributed by atoms with van der Waals surface area (Å²) >= 11 is 0. The van der Waals surface area contributed by atoms with E-state index in [1.54, 1.807) is 38.2 Å². The SMILES string of the molecule is CCCS(=O)(=O)c1ccccc1C(=O)N(C)c1ccc(C(N)=O)cc1. The van der Waals surface area contributed by atoms with Crippen LogP contribution in [0, 0.1) is 0 Å². The van der Waals surface area contributed by atoms with Crippen molar-refractivity contribution in [2.75, 3.05) is 17.7 Å². The Kier molecular flexibility index (Phi) is 5.58. The second-order valence-corrected chi connectivity index (χ2v) is 7.67. The van der Waals surface area contributed by atoms with Gasteiger partial charge in [0.2, 0.25) is 5.91 Å². The van der Waals surface area contributed by atoms with Gasteiger partial charge in [-0.1, -0.05) is 19.1 Å². The van der Waals surface area contributed by atoms with E-state index in [1.165, 1.54) is 29.2 Å². The number of benzene rings is 2. The lowest BCUT2D eigenvalue weighted by atomic mass is 10.1. The van der Waals surface area contributed by atoms with Crippen LogP contribution in [-0.2, 0) is 9.84 Å². The van der Waals surface area contributed by atoms with Gasteiger partial charge in [0.1, 0.15) is 0 Å². The minimum atomic E-state index is -3.53. The zero-order valence-electron chi connectivity index (χ0n) is 14.1. The quantitative estimate of drug-likeness (QED) is 0.854. The summed E-state index contributed by atoms with van der Waals surface area (Å²) in [6.45, 7) is 1.77. The van der Waals surface area contributed by atoms with Crippen molar-refractivity contribution in [1.29, 1.82) is 0 Å². The number of carbonyl (C=O) groups is 2. The highest BCUT2D eigenvalue weighted by Gasteiger charge is 2.24. The van der Waals surface area contributed by atoms with Crippen LogP contribution in [0.5, 0.6) is 0 Å². The Balaban J connectivity index is 2.39. The Morgan fingerprint density at radius 1 is 1.04 bits per heavy atom. The second-order valence-electron chi connectivity index (χ2n) is 5.59. The van der Waals surface area contributed by atoms with E-state index >= 15 is 0 Å². The smallest absolute Gasteiger partial charge is 0.259 e. The molecule has 2 N–H and O–H groups in total. The van der Waals surface area contributed by atoms with E-state index in [9.17, 15) is 18.0 Å². The molecule has 0 spiro atoms. The van der Waals surface area contributed by atoms with Gasteiger partial charge < -0.3 is 10.6 Å². The molecular weight excluding hydrogens is 340 g/mol. The fourth-order valence-electron chi connectivity index (χ4n) is 2.44. The van der Waals surface area contributed by atoms with Crippen molar-refractivity contribution in [3.8, 4) is 0 Å². The third-order valence-corrected chi connectivity index (χ3v) is 5.74. The maximum Gasteiger partial charge on any atom is 0.259 e. The first-order valence-electron chi connectivity index (χ1n) is 7.77. The number of hydrogen-bond acceptors (Lipinski definition) is 4. The Labute approximate surface area is 147 Å². The molecule has 0 heterocycles. The maximum atomic E-state index is 12.8. The molecule has 0 aliphatic carbocycles. The molecule has 0 radical (unpaired) electrons. The summed E-state index contributed by atoms with van der Waals surface area (Å²) < 4.78 is 24.8. The first kappa shape index (κ1) is 18.7. The van der Waals surface area contributed by atoms with E-state index in [2.05, 4.69) is 0 Å². The standard InChI is InChI=1S/C18H20N2O4S/c1-3-12-25(23,24)16-7-5-4-6-15(16)18(22)20(2)14-10-8-13(9-11-14)17(19)21/h4-11H,3,12H2,1-2H3,(H2,19,21). The number of nitrogens with two attached hydrogens (primary N) is 1. The van der Waals surface area contributed by atoms with Crippen LogP contribution in [0.1, 0.15) is 34.1 Å². The molecular formula is C18H20N2O4S. The van der Waals surface area contributed by atoms with Gasteiger partial charge in [0.05, 0.1) is 16.2 Å². The van der Waals surface area contributed by atoms with Crippen molar-refractivity contribution in [1.82, 2.24) is 0 Å². The minimum Gasteiger partial charge on any atom is -0.366 e. The van der Waals surface area contributed by atoms with E-state index in [-0.39, 0.29) is 16.2 Å². The fraction of sp³-hybridized carbons (Fsp3) is 0.222. The lowest BCUT2D eigenvalue weighted by Crippen LogP contribution is -2.28. The van der Waals surface area contributed by atoms with Gasteiger partial charge in [0, 0.05) is 18.3 Å². The van der Waals surface area contributed by atoms with Crippen LogP contribution in [0.2, 0.25) is 0 Å². The van der Waals surface area contributed by atoms with Gasteiger partial charge in [-0.3, -0.25) is 9.59 Å². The molecule has 0 atom stereocenters. The molecule has 0 fully saturated rings. The molecule has 0 saturated heterocycles. The highest BCUT2D eigenvalue weighted by molar-refractivity contribution is 7.91. The zero-order chi connectivity index (χ0) is 18.6. The van der Waals surface area contributed by atoms with E-state index in [4.69, 9.17) is 5.73 Å². The number of carbonyl (C=O) groups excluding carboxylic acids is 2. The Morgan fingerprint density at radius 3 is 2.20 bits per heavy atom. The molecule has 2 rings (SSSR count). The number of amides is 2. The molecule has 2 aromatic carbocycles. The van der Waals surface area contributed by atoms with Gasteiger partial charge in [0.15, 0.2) is 9.84 Å². The Morgan fingerprint density at radius 2 is 1.64 bits per heavy atom. The third kappa shape index (κ3) is 4.06. The second kappa shape index (κ2) is 7.48. The molecule has 0 saturated carbocycles. The summed E-state index contributed by atoms with van der Waals surface area (Å²) in [7, 11) is -1.98. The Hall–Kier alpha value is -2.67. The van der Waals surface area contributed by atoms with E-state index in [0.717, 1.165) is 0 Å². The minimum absolute atomic E-state index is 0.0195. The van der Waals surface area contributed by atoms with E-state index < -0.39 is 21.7 Å². The molecule has 7 heteroatoms. The molecule has 0 aliphatic heterocycles. The number of nitrogens with zero attached hydrogens (tertiary/aromatic N) is 1. The molecule has 0 aliphatic rings. The molecule has 2 aromatic rings. The summed E-state index contributed by atoms with van der Waals surface area (Å²) in [5.74, 6) is -1.02.